The number of benzene rings is 1. The number of para-hydroxylation sites is 1. The summed E-state index contributed by atoms with van der Waals surface area (Å²) in [5, 5.41) is 3.24. The van der Waals surface area contributed by atoms with Gasteiger partial charge in [-0.1, -0.05) is 25.1 Å². The molecule has 1 aromatic carbocycles. The van der Waals surface area contributed by atoms with E-state index in [-0.39, 0.29) is 0 Å². The summed E-state index contributed by atoms with van der Waals surface area (Å²) < 4.78 is 0. The van der Waals surface area contributed by atoms with Crippen molar-refractivity contribution < 1.29 is 0 Å². The van der Waals surface area contributed by atoms with Crippen molar-refractivity contribution in [2.45, 2.75) is 27.2 Å². The lowest BCUT2D eigenvalue weighted by Gasteiger charge is -2.24. The minimum atomic E-state index is 0.696. The molecule has 0 amide bonds. The van der Waals surface area contributed by atoms with Gasteiger partial charge in [0.1, 0.15) is 5.82 Å². The van der Waals surface area contributed by atoms with Crippen LogP contribution in [0.15, 0.2) is 36.5 Å². The predicted octanol–water partition coefficient (Wildman–Crippen LogP) is 3.76. The molecule has 2 rings (SSSR count). The van der Waals surface area contributed by atoms with E-state index in [1.165, 1.54) is 0 Å². The van der Waals surface area contributed by atoms with Gasteiger partial charge in [0, 0.05) is 30.5 Å². The molecule has 0 saturated heterocycles. The van der Waals surface area contributed by atoms with Crippen molar-refractivity contribution in [2.24, 2.45) is 0 Å². The predicted molar refractivity (Wildman–Crippen MR) is 84.7 cm³/mol. The highest BCUT2D eigenvalue weighted by Gasteiger charge is 2.12. The molecule has 1 N–H and O–H groups in total. The molecule has 0 bridgehead atoms. The van der Waals surface area contributed by atoms with Gasteiger partial charge in [0.05, 0.1) is 0 Å². The average molecular weight is 270 g/mol. The summed E-state index contributed by atoms with van der Waals surface area (Å²) >= 11 is 0. The zero-order valence-electron chi connectivity index (χ0n) is 12.4. The van der Waals surface area contributed by atoms with Crippen LogP contribution in [0.25, 0.3) is 0 Å². The maximum atomic E-state index is 4.66. The molecule has 1 heterocycles. The van der Waals surface area contributed by atoms with E-state index in [2.05, 4.69) is 46.2 Å². The Balaban J connectivity index is 2.33. The zero-order valence-corrected chi connectivity index (χ0v) is 12.4. The Kier molecular flexibility index (Phi) is 4.93. The van der Waals surface area contributed by atoms with Crippen LogP contribution in [0.4, 0.5) is 17.5 Å². The van der Waals surface area contributed by atoms with Gasteiger partial charge in [-0.2, -0.15) is 4.98 Å². The number of anilines is 3. The van der Waals surface area contributed by atoms with Crippen molar-refractivity contribution in [3.8, 4) is 0 Å². The molecule has 2 aromatic rings. The van der Waals surface area contributed by atoms with E-state index in [0.29, 0.717) is 5.95 Å². The van der Waals surface area contributed by atoms with Crippen LogP contribution >= 0.6 is 0 Å². The lowest BCUT2D eigenvalue weighted by Crippen LogP contribution is -2.19. The third-order valence-corrected chi connectivity index (χ3v) is 3.12. The standard InChI is InChI=1S/C16H22N4/c1-4-11-17-16-18-12-13(3)15(19-16)20(5-2)14-9-7-6-8-10-14/h6-10,12H,4-5,11H2,1-3H3,(H,17,18,19). The molecule has 106 valence electrons. The fourth-order valence-electron chi connectivity index (χ4n) is 2.09. The number of nitrogens with one attached hydrogen (secondary N) is 1. The van der Waals surface area contributed by atoms with Gasteiger partial charge in [0.15, 0.2) is 0 Å². The smallest absolute Gasteiger partial charge is 0.224 e. The fourth-order valence-corrected chi connectivity index (χ4v) is 2.09. The SMILES string of the molecule is CCCNc1ncc(C)c(N(CC)c2ccccc2)n1. The van der Waals surface area contributed by atoms with Gasteiger partial charge >= 0.3 is 0 Å². The van der Waals surface area contributed by atoms with E-state index in [1.807, 2.05) is 31.3 Å². The first-order valence-electron chi connectivity index (χ1n) is 7.16. The quantitative estimate of drug-likeness (QED) is 0.867. The van der Waals surface area contributed by atoms with Crippen LogP contribution in [0.1, 0.15) is 25.8 Å². The summed E-state index contributed by atoms with van der Waals surface area (Å²) in [6, 6.07) is 10.3. The maximum absolute atomic E-state index is 4.66. The summed E-state index contributed by atoms with van der Waals surface area (Å²) in [6.07, 6.45) is 2.94. The van der Waals surface area contributed by atoms with Gasteiger partial charge < -0.3 is 10.2 Å². The monoisotopic (exact) mass is 270 g/mol. The molecule has 0 aliphatic carbocycles. The van der Waals surface area contributed by atoms with E-state index >= 15 is 0 Å². The highest BCUT2D eigenvalue weighted by molar-refractivity contribution is 5.63. The van der Waals surface area contributed by atoms with Crippen molar-refractivity contribution in [1.82, 2.24) is 9.97 Å². The maximum Gasteiger partial charge on any atom is 0.224 e. The molecule has 0 atom stereocenters. The first kappa shape index (κ1) is 14.3. The van der Waals surface area contributed by atoms with E-state index in [1.54, 1.807) is 0 Å². The van der Waals surface area contributed by atoms with Crippen LogP contribution in [0, 0.1) is 6.92 Å². The van der Waals surface area contributed by atoms with Crippen molar-refractivity contribution in [3.05, 3.63) is 42.1 Å². The molecule has 0 unspecified atom stereocenters. The van der Waals surface area contributed by atoms with Gasteiger partial charge in [-0.3, -0.25) is 0 Å². The zero-order chi connectivity index (χ0) is 14.4. The molecule has 0 aliphatic rings. The third kappa shape index (κ3) is 3.26. The number of hydrogen-bond donors (Lipinski definition) is 1. The molecule has 0 fully saturated rings. The fraction of sp³-hybridized carbons (Fsp3) is 0.375. The second-order valence-electron chi connectivity index (χ2n) is 4.71. The minimum Gasteiger partial charge on any atom is -0.354 e. The van der Waals surface area contributed by atoms with Crippen LogP contribution in [0.5, 0.6) is 0 Å². The van der Waals surface area contributed by atoms with Crippen LogP contribution < -0.4 is 10.2 Å². The molecule has 0 radical (unpaired) electrons. The van der Waals surface area contributed by atoms with Crippen molar-refractivity contribution >= 4 is 17.5 Å². The average Bonchev–Trinajstić information content (AvgIpc) is 2.49. The third-order valence-electron chi connectivity index (χ3n) is 3.12. The molecule has 20 heavy (non-hydrogen) atoms. The number of rotatable bonds is 6. The van der Waals surface area contributed by atoms with Crippen molar-refractivity contribution in [3.63, 3.8) is 0 Å². The van der Waals surface area contributed by atoms with Gasteiger partial charge in [-0.25, -0.2) is 4.98 Å². The highest BCUT2D eigenvalue weighted by atomic mass is 15.2. The number of nitrogens with zero attached hydrogens (tertiary/aromatic N) is 3. The first-order chi connectivity index (χ1) is 9.76. The summed E-state index contributed by atoms with van der Waals surface area (Å²) in [6.45, 7) is 8.07. The van der Waals surface area contributed by atoms with Crippen molar-refractivity contribution in [2.75, 3.05) is 23.3 Å². The van der Waals surface area contributed by atoms with Crippen LogP contribution in [-0.2, 0) is 0 Å². The Morgan fingerprint density at radius 1 is 1.15 bits per heavy atom. The van der Waals surface area contributed by atoms with Gasteiger partial charge in [-0.05, 0) is 32.4 Å². The normalized spacial score (nSPS) is 10.3. The number of aromatic nitrogens is 2. The molecule has 0 saturated carbocycles. The Hall–Kier alpha value is -2.10. The molecule has 4 heteroatoms. The molecule has 1 aromatic heterocycles. The Bertz CT molecular complexity index is 539. The van der Waals surface area contributed by atoms with E-state index in [9.17, 15) is 0 Å². The first-order valence-corrected chi connectivity index (χ1v) is 7.16. The van der Waals surface area contributed by atoms with E-state index < -0.39 is 0 Å². The largest absolute Gasteiger partial charge is 0.354 e. The van der Waals surface area contributed by atoms with Crippen LogP contribution in [-0.4, -0.2) is 23.1 Å². The van der Waals surface area contributed by atoms with Crippen molar-refractivity contribution in [1.29, 1.82) is 0 Å². The highest BCUT2D eigenvalue weighted by Crippen LogP contribution is 2.26. The summed E-state index contributed by atoms with van der Waals surface area (Å²) in [5.41, 5.74) is 2.23. The molecule has 0 spiro atoms. The molecule has 0 aliphatic heterocycles. The second-order valence-corrected chi connectivity index (χ2v) is 4.71. The Labute approximate surface area is 120 Å². The summed E-state index contributed by atoms with van der Waals surface area (Å²) in [5.74, 6) is 1.66. The topological polar surface area (TPSA) is 41.1 Å². The molecular weight excluding hydrogens is 248 g/mol. The van der Waals surface area contributed by atoms with Gasteiger partial charge in [0.25, 0.3) is 0 Å². The van der Waals surface area contributed by atoms with Crippen LogP contribution in [0.3, 0.4) is 0 Å². The molecular formula is C16H22N4. The Morgan fingerprint density at radius 2 is 1.90 bits per heavy atom. The Morgan fingerprint density at radius 3 is 2.55 bits per heavy atom. The number of aryl methyl sites for hydroxylation is 1. The van der Waals surface area contributed by atoms with Gasteiger partial charge in [-0.15, -0.1) is 0 Å². The molecule has 4 nitrogen and oxygen atoms in total. The number of hydrogen-bond acceptors (Lipinski definition) is 4. The lowest BCUT2D eigenvalue weighted by molar-refractivity contribution is 0.928. The summed E-state index contributed by atoms with van der Waals surface area (Å²) in [4.78, 5) is 11.2. The lowest BCUT2D eigenvalue weighted by atomic mass is 10.2. The second kappa shape index (κ2) is 6.89. The van der Waals surface area contributed by atoms with Gasteiger partial charge in [0.2, 0.25) is 5.95 Å². The summed E-state index contributed by atoms with van der Waals surface area (Å²) in [7, 11) is 0. The van der Waals surface area contributed by atoms with E-state index in [4.69, 9.17) is 0 Å². The minimum absolute atomic E-state index is 0.696. The van der Waals surface area contributed by atoms with Crippen LogP contribution in [0.2, 0.25) is 0 Å². The van der Waals surface area contributed by atoms with E-state index in [0.717, 1.165) is 36.6 Å².